The predicted octanol–water partition coefficient (Wildman–Crippen LogP) is 6.81. The van der Waals surface area contributed by atoms with Gasteiger partial charge in [-0.25, -0.2) is 0 Å². The third-order valence-electron chi connectivity index (χ3n) is 4.41. The maximum atomic E-state index is 9.59. The number of ether oxygens (including phenoxy) is 2. The highest BCUT2D eigenvalue weighted by Gasteiger charge is 2.11. The molecule has 0 heterocycles. The van der Waals surface area contributed by atoms with Crippen molar-refractivity contribution in [3.8, 4) is 22.9 Å². The van der Waals surface area contributed by atoms with Gasteiger partial charge in [-0.2, -0.15) is 5.26 Å². The Balaban J connectivity index is 0.00000136. The number of fused-ring (bicyclic) bond motifs is 1. The Bertz CT molecular complexity index is 1010. The van der Waals surface area contributed by atoms with E-state index >= 15 is 0 Å². The molecule has 0 saturated carbocycles. The monoisotopic (exact) mass is 373 g/mol. The lowest BCUT2D eigenvalue weighted by molar-refractivity contribution is 0.369. The lowest BCUT2D eigenvalue weighted by Gasteiger charge is -2.12. The highest BCUT2D eigenvalue weighted by Crippen LogP contribution is 2.34. The Morgan fingerprint density at radius 2 is 1.79 bits per heavy atom. The number of nitriles is 1. The summed E-state index contributed by atoms with van der Waals surface area (Å²) in [5, 5.41) is 11.8. The standard InChI is InChI=1S/C23H21NO2.C2H6/c1-4-6-23(26-3)17-10-9-16-7-5-8-21(22(16)14-17)20-12-11-19(25-2)13-18(20)15-24;1-2/h5-14H,4H2,1-3H3;1-2H3/b23-6+;. The summed E-state index contributed by atoms with van der Waals surface area (Å²) in [4.78, 5) is 0. The minimum absolute atomic E-state index is 0.596. The summed E-state index contributed by atoms with van der Waals surface area (Å²) in [5.74, 6) is 1.54. The molecule has 3 nitrogen and oxygen atoms in total. The number of rotatable bonds is 5. The van der Waals surface area contributed by atoms with Gasteiger partial charge in [0, 0.05) is 11.1 Å². The zero-order valence-electron chi connectivity index (χ0n) is 17.2. The number of methoxy groups -OCH3 is 2. The van der Waals surface area contributed by atoms with Gasteiger partial charge in [0.15, 0.2) is 0 Å². The zero-order valence-corrected chi connectivity index (χ0v) is 17.2. The number of nitrogens with zero attached hydrogens (tertiary/aromatic N) is 1. The third kappa shape index (κ3) is 4.35. The van der Waals surface area contributed by atoms with Gasteiger partial charge < -0.3 is 9.47 Å². The van der Waals surface area contributed by atoms with Crippen LogP contribution in [0.15, 0.2) is 60.7 Å². The molecule has 0 spiro atoms. The molecule has 0 aromatic heterocycles. The van der Waals surface area contributed by atoms with Gasteiger partial charge in [-0.15, -0.1) is 0 Å². The molecule has 0 fully saturated rings. The van der Waals surface area contributed by atoms with Crippen LogP contribution in [0.2, 0.25) is 0 Å². The molecule has 3 aromatic carbocycles. The van der Waals surface area contributed by atoms with Crippen LogP contribution in [0.5, 0.6) is 5.75 Å². The van der Waals surface area contributed by atoms with Gasteiger partial charge in [0.1, 0.15) is 11.5 Å². The molecule has 0 N–H and O–H groups in total. The van der Waals surface area contributed by atoms with E-state index in [0.29, 0.717) is 11.3 Å². The normalized spacial score (nSPS) is 10.6. The molecule has 0 aliphatic rings. The number of hydrogen-bond donors (Lipinski definition) is 0. The molecular weight excluding hydrogens is 346 g/mol. The largest absolute Gasteiger partial charge is 0.497 e. The van der Waals surface area contributed by atoms with Crippen molar-refractivity contribution in [1.82, 2.24) is 0 Å². The van der Waals surface area contributed by atoms with Crippen molar-refractivity contribution in [2.45, 2.75) is 27.2 Å². The van der Waals surface area contributed by atoms with Crippen molar-refractivity contribution >= 4 is 16.5 Å². The van der Waals surface area contributed by atoms with E-state index in [-0.39, 0.29) is 0 Å². The Morgan fingerprint density at radius 3 is 2.43 bits per heavy atom. The Hall–Kier alpha value is -3.25. The van der Waals surface area contributed by atoms with Crippen LogP contribution in [-0.2, 0) is 4.74 Å². The third-order valence-corrected chi connectivity index (χ3v) is 4.41. The maximum absolute atomic E-state index is 9.59. The molecule has 0 amide bonds. The maximum Gasteiger partial charge on any atom is 0.122 e. The molecule has 0 aliphatic carbocycles. The first-order chi connectivity index (χ1) is 13.7. The van der Waals surface area contributed by atoms with Gasteiger partial charge in [-0.3, -0.25) is 0 Å². The molecule has 28 heavy (non-hydrogen) atoms. The summed E-state index contributed by atoms with van der Waals surface area (Å²) >= 11 is 0. The first-order valence-corrected chi connectivity index (χ1v) is 9.57. The van der Waals surface area contributed by atoms with Crippen LogP contribution in [-0.4, -0.2) is 14.2 Å². The molecule has 144 valence electrons. The quantitative estimate of drug-likeness (QED) is 0.461. The van der Waals surface area contributed by atoms with Gasteiger partial charge in [0.2, 0.25) is 0 Å². The van der Waals surface area contributed by atoms with E-state index in [1.54, 1.807) is 20.3 Å². The van der Waals surface area contributed by atoms with E-state index in [4.69, 9.17) is 9.47 Å². The topological polar surface area (TPSA) is 42.2 Å². The Labute approximate surface area is 167 Å². The number of allylic oxidation sites excluding steroid dienone is 1. The lowest BCUT2D eigenvalue weighted by atomic mass is 9.93. The molecule has 0 bridgehead atoms. The lowest BCUT2D eigenvalue weighted by Crippen LogP contribution is -1.91. The first kappa shape index (κ1) is 21.1. The molecule has 3 rings (SSSR count). The molecule has 3 heteroatoms. The summed E-state index contributed by atoms with van der Waals surface area (Å²) in [6.07, 6.45) is 2.97. The van der Waals surface area contributed by atoms with Crippen molar-refractivity contribution in [3.63, 3.8) is 0 Å². The van der Waals surface area contributed by atoms with E-state index in [2.05, 4.69) is 43.3 Å². The Morgan fingerprint density at radius 1 is 1.00 bits per heavy atom. The summed E-state index contributed by atoms with van der Waals surface area (Å²) in [6, 6.07) is 20.3. The predicted molar refractivity (Wildman–Crippen MR) is 117 cm³/mol. The average molecular weight is 373 g/mol. The van der Waals surface area contributed by atoms with Crippen LogP contribution in [0.4, 0.5) is 0 Å². The fourth-order valence-corrected chi connectivity index (χ4v) is 3.14. The van der Waals surface area contributed by atoms with Gasteiger partial charge >= 0.3 is 0 Å². The van der Waals surface area contributed by atoms with Gasteiger partial charge in [-0.1, -0.05) is 51.1 Å². The second-order valence-corrected chi connectivity index (χ2v) is 5.95. The molecule has 0 aliphatic heterocycles. The van der Waals surface area contributed by atoms with E-state index < -0.39 is 0 Å². The molecule has 3 aromatic rings. The van der Waals surface area contributed by atoms with Crippen LogP contribution < -0.4 is 4.74 Å². The summed E-state index contributed by atoms with van der Waals surface area (Å²) in [7, 11) is 3.29. The van der Waals surface area contributed by atoms with E-state index in [0.717, 1.165) is 39.6 Å². The minimum Gasteiger partial charge on any atom is -0.497 e. The zero-order chi connectivity index (χ0) is 20.5. The minimum atomic E-state index is 0.596. The van der Waals surface area contributed by atoms with Crippen molar-refractivity contribution in [2.24, 2.45) is 0 Å². The van der Waals surface area contributed by atoms with E-state index in [1.807, 2.05) is 38.1 Å². The summed E-state index contributed by atoms with van der Waals surface area (Å²) in [6.45, 7) is 6.09. The van der Waals surface area contributed by atoms with Crippen LogP contribution in [0, 0.1) is 11.3 Å². The second kappa shape index (κ2) is 10.2. The van der Waals surface area contributed by atoms with Crippen LogP contribution in [0.3, 0.4) is 0 Å². The SMILES string of the molecule is CC.CC/C=C(/OC)c1ccc2cccc(-c3ccc(OC)cc3C#N)c2c1. The summed E-state index contributed by atoms with van der Waals surface area (Å²) in [5.41, 5.74) is 3.55. The van der Waals surface area contributed by atoms with Crippen LogP contribution in [0.1, 0.15) is 38.3 Å². The molecule has 0 saturated heterocycles. The second-order valence-electron chi connectivity index (χ2n) is 5.95. The highest BCUT2D eigenvalue weighted by molar-refractivity contribution is 5.99. The fraction of sp³-hybridized carbons (Fsp3) is 0.240. The van der Waals surface area contributed by atoms with Crippen molar-refractivity contribution in [2.75, 3.05) is 14.2 Å². The summed E-state index contributed by atoms with van der Waals surface area (Å²) < 4.78 is 10.8. The number of benzene rings is 3. The van der Waals surface area contributed by atoms with E-state index in [9.17, 15) is 5.26 Å². The van der Waals surface area contributed by atoms with Crippen molar-refractivity contribution in [3.05, 3.63) is 71.8 Å². The number of hydrogen-bond acceptors (Lipinski definition) is 3. The molecule has 0 atom stereocenters. The fourth-order valence-electron chi connectivity index (χ4n) is 3.14. The van der Waals surface area contributed by atoms with Gasteiger partial charge in [-0.05, 0) is 53.1 Å². The molecule has 0 unspecified atom stereocenters. The van der Waals surface area contributed by atoms with Gasteiger partial charge in [0.25, 0.3) is 0 Å². The highest BCUT2D eigenvalue weighted by atomic mass is 16.5. The molecular formula is C25H27NO2. The molecule has 0 radical (unpaired) electrons. The Kier molecular flexibility index (Phi) is 7.65. The first-order valence-electron chi connectivity index (χ1n) is 9.57. The van der Waals surface area contributed by atoms with E-state index in [1.165, 1.54) is 0 Å². The van der Waals surface area contributed by atoms with Crippen molar-refractivity contribution < 1.29 is 9.47 Å². The van der Waals surface area contributed by atoms with Crippen LogP contribution >= 0.6 is 0 Å². The smallest absolute Gasteiger partial charge is 0.122 e. The van der Waals surface area contributed by atoms with Crippen LogP contribution in [0.25, 0.3) is 27.7 Å². The average Bonchev–Trinajstić information content (AvgIpc) is 2.77. The van der Waals surface area contributed by atoms with Gasteiger partial charge in [0.05, 0.1) is 25.9 Å². The van der Waals surface area contributed by atoms with Crippen molar-refractivity contribution in [1.29, 1.82) is 5.26 Å².